The number of ether oxygens (including phenoxy) is 2. The van der Waals surface area contributed by atoms with Crippen LogP contribution in [0.15, 0.2) is 29.8 Å². The summed E-state index contributed by atoms with van der Waals surface area (Å²) in [5.41, 5.74) is 0.840. The van der Waals surface area contributed by atoms with Crippen LogP contribution in [0.2, 0.25) is 0 Å². The molecule has 0 aromatic heterocycles. The standard InChI is InChI=1S/C14H17FN2O2/c1-18-14(19-2)10-17-9-11(8-16)7-12-5-3-4-6-13(12)15/h3-7,14,17H,9-10H2,1-2H3/b11-7-. The van der Waals surface area contributed by atoms with Gasteiger partial charge >= 0.3 is 0 Å². The molecular weight excluding hydrogens is 247 g/mol. The fourth-order valence-corrected chi connectivity index (χ4v) is 1.49. The van der Waals surface area contributed by atoms with Gasteiger partial charge in [-0.15, -0.1) is 0 Å². The van der Waals surface area contributed by atoms with Crippen LogP contribution in [0.4, 0.5) is 4.39 Å². The lowest BCUT2D eigenvalue weighted by Gasteiger charge is -2.13. The summed E-state index contributed by atoms with van der Waals surface area (Å²) in [4.78, 5) is 0. The van der Waals surface area contributed by atoms with Crippen molar-refractivity contribution in [2.24, 2.45) is 0 Å². The molecule has 0 atom stereocenters. The zero-order valence-corrected chi connectivity index (χ0v) is 11.0. The van der Waals surface area contributed by atoms with Gasteiger partial charge in [0.2, 0.25) is 0 Å². The molecule has 5 heteroatoms. The molecule has 4 nitrogen and oxygen atoms in total. The van der Waals surface area contributed by atoms with Crippen LogP contribution in [-0.2, 0) is 9.47 Å². The van der Waals surface area contributed by atoms with Gasteiger partial charge in [0, 0.05) is 38.4 Å². The molecule has 1 rings (SSSR count). The summed E-state index contributed by atoms with van der Waals surface area (Å²) in [7, 11) is 3.08. The zero-order valence-electron chi connectivity index (χ0n) is 11.0. The van der Waals surface area contributed by atoms with Crippen molar-refractivity contribution in [3.63, 3.8) is 0 Å². The molecule has 0 aliphatic rings. The average molecular weight is 264 g/mol. The van der Waals surface area contributed by atoms with Crippen molar-refractivity contribution in [2.75, 3.05) is 27.3 Å². The molecule has 0 radical (unpaired) electrons. The van der Waals surface area contributed by atoms with Crippen molar-refractivity contribution in [3.8, 4) is 6.07 Å². The number of nitriles is 1. The molecule has 1 N–H and O–H groups in total. The van der Waals surface area contributed by atoms with Gasteiger partial charge in [-0.2, -0.15) is 5.26 Å². The molecule has 0 amide bonds. The van der Waals surface area contributed by atoms with Gasteiger partial charge in [-0.25, -0.2) is 4.39 Å². The number of halogens is 1. The number of nitrogens with zero attached hydrogens (tertiary/aromatic N) is 1. The summed E-state index contributed by atoms with van der Waals surface area (Å²) >= 11 is 0. The van der Waals surface area contributed by atoms with Crippen molar-refractivity contribution < 1.29 is 13.9 Å². The summed E-state index contributed by atoms with van der Waals surface area (Å²) < 4.78 is 23.4. The van der Waals surface area contributed by atoms with Gasteiger partial charge in [0.05, 0.1) is 6.07 Å². The minimum absolute atomic E-state index is 0.327. The molecule has 0 bridgehead atoms. The number of benzene rings is 1. The Bertz CT molecular complexity index is 465. The maximum absolute atomic E-state index is 13.4. The van der Waals surface area contributed by atoms with E-state index in [9.17, 15) is 4.39 Å². The molecular formula is C14H17FN2O2. The number of hydrogen-bond donors (Lipinski definition) is 1. The van der Waals surface area contributed by atoms with Gasteiger partial charge in [0.15, 0.2) is 6.29 Å². The smallest absolute Gasteiger partial charge is 0.169 e. The van der Waals surface area contributed by atoms with Gasteiger partial charge in [-0.05, 0) is 12.1 Å². The van der Waals surface area contributed by atoms with Crippen LogP contribution in [0, 0.1) is 17.1 Å². The molecule has 1 aromatic carbocycles. The quantitative estimate of drug-likeness (QED) is 0.604. The van der Waals surface area contributed by atoms with E-state index in [2.05, 4.69) is 5.32 Å². The summed E-state index contributed by atoms with van der Waals surface area (Å²) in [5.74, 6) is -0.345. The molecule has 1 aromatic rings. The highest BCUT2D eigenvalue weighted by Gasteiger charge is 2.05. The van der Waals surface area contributed by atoms with Gasteiger partial charge in [-0.3, -0.25) is 0 Å². The maximum atomic E-state index is 13.4. The van der Waals surface area contributed by atoms with Crippen LogP contribution >= 0.6 is 0 Å². The SMILES string of the molecule is COC(CNC/C(C#N)=C\c1ccccc1F)OC. The summed E-state index contributed by atoms with van der Waals surface area (Å²) in [6.45, 7) is 0.775. The van der Waals surface area contributed by atoms with Crippen molar-refractivity contribution in [1.29, 1.82) is 5.26 Å². The Morgan fingerprint density at radius 2 is 2.11 bits per heavy atom. The molecule has 0 aliphatic heterocycles. The molecule has 0 heterocycles. The highest BCUT2D eigenvalue weighted by molar-refractivity contribution is 5.57. The first-order valence-electron chi connectivity index (χ1n) is 5.82. The van der Waals surface area contributed by atoms with E-state index in [0.29, 0.717) is 24.2 Å². The van der Waals surface area contributed by atoms with Gasteiger partial charge in [0.1, 0.15) is 5.82 Å². The van der Waals surface area contributed by atoms with E-state index in [1.54, 1.807) is 18.2 Å². The second-order valence-corrected chi connectivity index (χ2v) is 3.83. The zero-order chi connectivity index (χ0) is 14.1. The van der Waals surface area contributed by atoms with E-state index >= 15 is 0 Å². The van der Waals surface area contributed by atoms with Crippen molar-refractivity contribution in [1.82, 2.24) is 5.32 Å². The summed E-state index contributed by atoms with van der Waals surface area (Å²) in [5, 5.41) is 12.0. The van der Waals surface area contributed by atoms with Crippen LogP contribution in [0.3, 0.4) is 0 Å². The van der Waals surface area contributed by atoms with E-state index in [0.717, 1.165) is 0 Å². The van der Waals surface area contributed by atoms with Gasteiger partial charge < -0.3 is 14.8 Å². The average Bonchev–Trinajstić information content (AvgIpc) is 2.44. The number of nitrogens with one attached hydrogen (secondary N) is 1. The second kappa shape index (κ2) is 8.38. The van der Waals surface area contributed by atoms with E-state index in [-0.39, 0.29) is 12.1 Å². The highest BCUT2D eigenvalue weighted by atomic mass is 19.1. The predicted molar refractivity (Wildman–Crippen MR) is 70.7 cm³/mol. The Morgan fingerprint density at radius 3 is 2.68 bits per heavy atom. The minimum Gasteiger partial charge on any atom is -0.355 e. The fourth-order valence-electron chi connectivity index (χ4n) is 1.49. The molecule has 0 saturated heterocycles. The lowest BCUT2D eigenvalue weighted by Crippen LogP contribution is -2.30. The third-order valence-electron chi connectivity index (χ3n) is 2.53. The van der Waals surface area contributed by atoms with Crippen LogP contribution < -0.4 is 5.32 Å². The third kappa shape index (κ3) is 5.18. The van der Waals surface area contributed by atoms with Crippen LogP contribution in [0.5, 0.6) is 0 Å². The first-order chi connectivity index (χ1) is 9.21. The Balaban J connectivity index is 2.60. The van der Waals surface area contributed by atoms with Crippen LogP contribution in [0.1, 0.15) is 5.56 Å². The van der Waals surface area contributed by atoms with Crippen molar-refractivity contribution in [3.05, 3.63) is 41.2 Å². The van der Waals surface area contributed by atoms with Crippen LogP contribution in [-0.4, -0.2) is 33.6 Å². The fraction of sp³-hybridized carbons (Fsp3) is 0.357. The van der Waals surface area contributed by atoms with Crippen molar-refractivity contribution in [2.45, 2.75) is 6.29 Å². The molecule has 102 valence electrons. The highest BCUT2D eigenvalue weighted by Crippen LogP contribution is 2.10. The lowest BCUT2D eigenvalue weighted by molar-refractivity contribution is -0.0983. The van der Waals surface area contributed by atoms with Crippen LogP contribution in [0.25, 0.3) is 6.08 Å². The Morgan fingerprint density at radius 1 is 1.42 bits per heavy atom. The Labute approximate surface area is 112 Å². The van der Waals surface area contributed by atoms with E-state index in [1.165, 1.54) is 26.4 Å². The van der Waals surface area contributed by atoms with Crippen molar-refractivity contribution >= 4 is 6.08 Å². The molecule has 0 spiro atoms. The molecule has 19 heavy (non-hydrogen) atoms. The normalized spacial score (nSPS) is 11.6. The van der Waals surface area contributed by atoms with Gasteiger partial charge in [0.25, 0.3) is 0 Å². The topological polar surface area (TPSA) is 54.3 Å². The Kier molecular flexibility index (Phi) is 6.75. The minimum atomic E-state index is -0.367. The van der Waals surface area contributed by atoms with E-state index < -0.39 is 0 Å². The van der Waals surface area contributed by atoms with Gasteiger partial charge in [-0.1, -0.05) is 18.2 Å². The monoisotopic (exact) mass is 264 g/mol. The molecule has 0 unspecified atom stereocenters. The second-order valence-electron chi connectivity index (χ2n) is 3.83. The first-order valence-corrected chi connectivity index (χ1v) is 5.82. The van der Waals surface area contributed by atoms with E-state index in [4.69, 9.17) is 14.7 Å². The predicted octanol–water partition coefficient (Wildman–Crippen LogP) is 1.94. The van der Waals surface area contributed by atoms with E-state index in [1.807, 2.05) is 6.07 Å². The molecule has 0 fully saturated rings. The number of methoxy groups -OCH3 is 2. The number of rotatable bonds is 7. The third-order valence-corrected chi connectivity index (χ3v) is 2.53. The summed E-state index contributed by atoms with van der Waals surface area (Å²) in [6, 6.07) is 8.36. The Hall–Kier alpha value is -1.74. The summed E-state index contributed by atoms with van der Waals surface area (Å²) in [6.07, 6.45) is 1.16. The molecule has 0 aliphatic carbocycles. The maximum Gasteiger partial charge on any atom is 0.169 e. The first kappa shape index (κ1) is 15.3. The lowest BCUT2D eigenvalue weighted by atomic mass is 10.1. The number of hydrogen-bond acceptors (Lipinski definition) is 4. The molecule has 0 saturated carbocycles. The largest absolute Gasteiger partial charge is 0.355 e.